The first-order valence-electron chi connectivity index (χ1n) is 7.58. The van der Waals surface area contributed by atoms with Crippen molar-refractivity contribution < 1.29 is 14.6 Å². The highest BCUT2D eigenvalue weighted by Gasteiger charge is 2.40. The largest absolute Gasteiger partial charge is 0.427 e. The van der Waals surface area contributed by atoms with Crippen LogP contribution in [0.5, 0.6) is 5.75 Å². The molecular weight excluding hydrogens is 266 g/mol. The molecule has 0 saturated heterocycles. The van der Waals surface area contributed by atoms with Crippen molar-refractivity contribution in [3.05, 3.63) is 29.8 Å². The quantitative estimate of drug-likeness (QED) is 0.684. The Kier molecular flexibility index (Phi) is 5.01. The summed E-state index contributed by atoms with van der Waals surface area (Å²) in [6, 6.07) is 7.32. The van der Waals surface area contributed by atoms with E-state index in [1.807, 2.05) is 26.2 Å². The van der Waals surface area contributed by atoms with Crippen LogP contribution < -0.4 is 4.74 Å². The van der Waals surface area contributed by atoms with Crippen LogP contribution in [0, 0.1) is 5.92 Å². The van der Waals surface area contributed by atoms with Gasteiger partial charge in [-0.05, 0) is 44.6 Å². The maximum Gasteiger partial charge on any atom is 0.308 e. The average Bonchev–Trinajstić information content (AvgIpc) is 2.40. The number of nitrogens with zero attached hydrogens (tertiary/aromatic N) is 1. The molecule has 116 valence electrons. The fourth-order valence-electron chi connectivity index (χ4n) is 3.29. The number of carbonyl (C=O) groups excluding carboxylic acids is 1. The van der Waals surface area contributed by atoms with Gasteiger partial charge in [-0.3, -0.25) is 4.79 Å². The summed E-state index contributed by atoms with van der Waals surface area (Å²) in [4.78, 5) is 13.2. The van der Waals surface area contributed by atoms with Gasteiger partial charge in [-0.1, -0.05) is 25.0 Å². The zero-order valence-electron chi connectivity index (χ0n) is 13.1. The standard InChI is InChI=1S/C17H25NO3/c1-13(19)21-16-9-6-8-14(11-16)17(20)10-5-4-7-15(17)12-18(2)3/h6,8-9,11,15,20H,4-5,7,10,12H2,1-3H3/t15-,17+/m0/s1. The van der Waals surface area contributed by atoms with Gasteiger partial charge in [0, 0.05) is 19.4 Å². The van der Waals surface area contributed by atoms with Crippen molar-refractivity contribution in [3.8, 4) is 5.75 Å². The number of hydrogen-bond donors (Lipinski definition) is 1. The maximum absolute atomic E-state index is 11.2. The molecule has 0 amide bonds. The van der Waals surface area contributed by atoms with Crippen LogP contribution in [-0.4, -0.2) is 36.6 Å². The van der Waals surface area contributed by atoms with E-state index in [0.29, 0.717) is 5.75 Å². The molecule has 2 rings (SSSR count). The van der Waals surface area contributed by atoms with Crippen LogP contribution in [0.2, 0.25) is 0 Å². The first-order chi connectivity index (χ1) is 9.91. The Morgan fingerprint density at radius 2 is 2.19 bits per heavy atom. The Hall–Kier alpha value is -1.39. The molecule has 4 heteroatoms. The number of benzene rings is 1. The van der Waals surface area contributed by atoms with Crippen LogP contribution in [0.3, 0.4) is 0 Å². The van der Waals surface area contributed by atoms with Gasteiger partial charge in [-0.25, -0.2) is 0 Å². The van der Waals surface area contributed by atoms with Gasteiger partial charge in [0.05, 0.1) is 5.60 Å². The van der Waals surface area contributed by atoms with Gasteiger partial charge in [0.15, 0.2) is 0 Å². The van der Waals surface area contributed by atoms with Gasteiger partial charge in [-0.2, -0.15) is 0 Å². The highest BCUT2D eigenvalue weighted by Crippen LogP contribution is 2.42. The third-order valence-corrected chi connectivity index (χ3v) is 4.22. The summed E-state index contributed by atoms with van der Waals surface area (Å²) in [7, 11) is 4.06. The fraction of sp³-hybridized carbons (Fsp3) is 0.588. The first kappa shape index (κ1) is 16.0. The summed E-state index contributed by atoms with van der Waals surface area (Å²) < 4.78 is 5.15. The van der Waals surface area contributed by atoms with Crippen LogP contribution >= 0.6 is 0 Å². The lowest BCUT2D eigenvalue weighted by Gasteiger charge is -2.41. The van der Waals surface area contributed by atoms with Crippen molar-refractivity contribution >= 4 is 5.97 Å². The number of rotatable bonds is 4. The predicted octanol–water partition coefficient (Wildman–Crippen LogP) is 2.55. The second-order valence-electron chi connectivity index (χ2n) is 6.25. The molecule has 1 N–H and O–H groups in total. The minimum Gasteiger partial charge on any atom is -0.427 e. The number of carbonyl (C=O) groups is 1. The molecule has 0 unspecified atom stereocenters. The highest BCUT2D eigenvalue weighted by molar-refractivity contribution is 5.69. The van der Waals surface area contributed by atoms with E-state index in [0.717, 1.165) is 37.8 Å². The van der Waals surface area contributed by atoms with E-state index in [4.69, 9.17) is 4.74 Å². The van der Waals surface area contributed by atoms with Gasteiger partial charge in [0.25, 0.3) is 0 Å². The van der Waals surface area contributed by atoms with Gasteiger partial charge < -0.3 is 14.7 Å². The Morgan fingerprint density at radius 1 is 1.43 bits per heavy atom. The molecule has 21 heavy (non-hydrogen) atoms. The van der Waals surface area contributed by atoms with E-state index in [1.165, 1.54) is 6.92 Å². The third kappa shape index (κ3) is 3.83. The zero-order chi connectivity index (χ0) is 15.5. The molecule has 0 spiro atoms. The molecule has 0 aliphatic heterocycles. The van der Waals surface area contributed by atoms with E-state index in [9.17, 15) is 9.90 Å². The average molecular weight is 291 g/mol. The van der Waals surface area contributed by atoms with E-state index < -0.39 is 5.60 Å². The first-order valence-corrected chi connectivity index (χ1v) is 7.58. The maximum atomic E-state index is 11.2. The van der Waals surface area contributed by atoms with Crippen LogP contribution in [0.25, 0.3) is 0 Å². The molecule has 4 nitrogen and oxygen atoms in total. The molecule has 1 fully saturated rings. The van der Waals surface area contributed by atoms with Crippen molar-refractivity contribution in [3.63, 3.8) is 0 Å². The van der Waals surface area contributed by atoms with E-state index in [-0.39, 0.29) is 11.9 Å². The lowest BCUT2D eigenvalue weighted by molar-refractivity contribution is -0.131. The fourth-order valence-corrected chi connectivity index (χ4v) is 3.29. The molecule has 1 aromatic rings. The number of aliphatic hydroxyl groups is 1. The molecule has 1 aromatic carbocycles. The minimum atomic E-state index is -0.835. The SMILES string of the molecule is CC(=O)Oc1cccc([C@]2(O)CCCC[C@H]2CN(C)C)c1. The summed E-state index contributed by atoms with van der Waals surface area (Å²) in [6.07, 6.45) is 3.96. The summed E-state index contributed by atoms with van der Waals surface area (Å²) in [5.74, 6) is 0.365. The zero-order valence-corrected chi connectivity index (χ0v) is 13.1. The normalized spacial score (nSPS) is 25.9. The van der Waals surface area contributed by atoms with Gasteiger partial charge in [-0.15, -0.1) is 0 Å². The molecule has 1 aliphatic rings. The molecule has 1 aliphatic carbocycles. The lowest BCUT2D eigenvalue weighted by Crippen LogP contribution is -2.43. The minimum absolute atomic E-state index is 0.203. The van der Waals surface area contributed by atoms with Crippen LogP contribution in [0.15, 0.2) is 24.3 Å². The summed E-state index contributed by atoms with van der Waals surface area (Å²) in [5.41, 5.74) is 0.0198. The topological polar surface area (TPSA) is 49.8 Å². The molecule has 0 heterocycles. The highest BCUT2D eigenvalue weighted by atomic mass is 16.5. The van der Waals surface area contributed by atoms with Crippen molar-refractivity contribution in [2.75, 3.05) is 20.6 Å². The summed E-state index contributed by atoms with van der Waals surface area (Å²) in [6.45, 7) is 2.24. The van der Waals surface area contributed by atoms with E-state index in [1.54, 1.807) is 12.1 Å². The molecule has 2 atom stereocenters. The van der Waals surface area contributed by atoms with Crippen LogP contribution in [-0.2, 0) is 10.4 Å². The number of ether oxygens (including phenoxy) is 1. The Bertz CT molecular complexity index is 501. The molecule has 0 aromatic heterocycles. The third-order valence-electron chi connectivity index (χ3n) is 4.22. The molecular formula is C17H25NO3. The Labute approximate surface area is 126 Å². The Morgan fingerprint density at radius 3 is 2.86 bits per heavy atom. The molecule has 0 radical (unpaired) electrons. The second kappa shape index (κ2) is 6.58. The smallest absolute Gasteiger partial charge is 0.308 e. The summed E-state index contributed by atoms with van der Waals surface area (Å²) in [5, 5.41) is 11.2. The lowest BCUT2D eigenvalue weighted by atomic mass is 9.71. The second-order valence-corrected chi connectivity index (χ2v) is 6.25. The van der Waals surface area contributed by atoms with Crippen LogP contribution in [0.1, 0.15) is 38.2 Å². The van der Waals surface area contributed by atoms with Gasteiger partial charge >= 0.3 is 5.97 Å². The van der Waals surface area contributed by atoms with Crippen molar-refractivity contribution in [1.82, 2.24) is 4.90 Å². The predicted molar refractivity (Wildman–Crippen MR) is 82.2 cm³/mol. The molecule has 1 saturated carbocycles. The number of hydrogen-bond acceptors (Lipinski definition) is 4. The summed E-state index contributed by atoms with van der Waals surface area (Å²) >= 11 is 0. The van der Waals surface area contributed by atoms with E-state index in [2.05, 4.69) is 4.90 Å². The molecule has 0 bridgehead atoms. The van der Waals surface area contributed by atoms with Crippen molar-refractivity contribution in [2.24, 2.45) is 5.92 Å². The van der Waals surface area contributed by atoms with Gasteiger partial charge in [0.1, 0.15) is 5.75 Å². The number of esters is 1. The monoisotopic (exact) mass is 291 g/mol. The van der Waals surface area contributed by atoms with Crippen LogP contribution in [0.4, 0.5) is 0 Å². The van der Waals surface area contributed by atoms with Gasteiger partial charge in [0.2, 0.25) is 0 Å². The van der Waals surface area contributed by atoms with Crippen molar-refractivity contribution in [1.29, 1.82) is 0 Å². The Balaban J connectivity index is 2.29. The van der Waals surface area contributed by atoms with E-state index >= 15 is 0 Å². The van der Waals surface area contributed by atoms with Crippen molar-refractivity contribution in [2.45, 2.75) is 38.2 Å².